The zero-order valence-corrected chi connectivity index (χ0v) is 11.4. The summed E-state index contributed by atoms with van der Waals surface area (Å²) in [4.78, 5) is 2.18. The molecule has 7 heteroatoms. The van der Waals surface area contributed by atoms with Crippen LogP contribution in [0.4, 0.5) is 0 Å². The first-order valence-corrected chi connectivity index (χ1v) is 6.86. The smallest absolute Gasteiger partial charge is 0.294 e. The lowest BCUT2D eigenvalue weighted by molar-refractivity contribution is 0.0342. The summed E-state index contributed by atoms with van der Waals surface area (Å²) >= 11 is 0. The van der Waals surface area contributed by atoms with Crippen LogP contribution in [0.15, 0.2) is 29.2 Å². The molecule has 0 radical (unpaired) electrons. The van der Waals surface area contributed by atoms with E-state index in [1.54, 1.807) is 12.1 Å². The van der Waals surface area contributed by atoms with Crippen molar-refractivity contribution in [3.63, 3.8) is 0 Å². The highest BCUT2D eigenvalue weighted by molar-refractivity contribution is 7.85. The molecule has 1 heterocycles. The summed E-state index contributed by atoms with van der Waals surface area (Å²) in [5, 5.41) is 0. The van der Waals surface area contributed by atoms with Crippen LogP contribution < -0.4 is 0 Å². The zero-order chi connectivity index (χ0) is 12.3. The van der Waals surface area contributed by atoms with Crippen molar-refractivity contribution in [2.75, 3.05) is 26.3 Å². The Labute approximate surface area is 113 Å². The van der Waals surface area contributed by atoms with Gasteiger partial charge in [0.1, 0.15) is 0 Å². The van der Waals surface area contributed by atoms with Crippen molar-refractivity contribution in [1.82, 2.24) is 4.90 Å². The molecule has 0 amide bonds. The number of halogens is 1. The highest BCUT2D eigenvalue weighted by atomic mass is 35.5. The van der Waals surface area contributed by atoms with Crippen LogP contribution in [0.2, 0.25) is 0 Å². The first-order chi connectivity index (χ1) is 8.05. The minimum atomic E-state index is -4.09. The van der Waals surface area contributed by atoms with Crippen LogP contribution in [-0.2, 0) is 21.4 Å². The molecule has 1 aliphatic heterocycles. The Hall–Kier alpha value is -0.660. The molecule has 0 aromatic heterocycles. The predicted octanol–water partition coefficient (Wildman–Crippen LogP) is 1.19. The highest BCUT2D eigenvalue weighted by Gasteiger charge is 2.12. The maximum atomic E-state index is 10.9. The number of hydrogen-bond acceptors (Lipinski definition) is 4. The van der Waals surface area contributed by atoms with Gasteiger partial charge in [-0.25, -0.2) is 0 Å². The predicted molar refractivity (Wildman–Crippen MR) is 69.6 cm³/mol. The van der Waals surface area contributed by atoms with Crippen LogP contribution in [0, 0.1) is 0 Å². The van der Waals surface area contributed by atoms with Crippen molar-refractivity contribution in [2.45, 2.75) is 11.4 Å². The topological polar surface area (TPSA) is 66.8 Å². The van der Waals surface area contributed by atoms with Gasteiger partial charge in [0.15, 0.2) is 0 Å². The van der Waals surface area contributed by atoms with Crippen molar-refractivity contribution in [3.05, 3.63) is 29.8 Å². The van der Waals surface area contributed by atoms with Gasteiger partial charge in [-0.05, 0) is 17.7 Å². The standard InChI is InChI=1S/C11H15NO4S.ClH/c13-17(14,15)11-3-1-10(2-4-11)9-12-5-7-16-8-6-12;/h1-4H,5-9H2,(H,13,14,15);1H. The second kappa shape index (κ2) is 6.49. The number of hydrogen-bond donors (Lipinski definition) is 1. The molecular formula is C11H16ClNO4S. The Kier molecular flexibility index (Phi) is 5.55. The van der Waals surface area contributed by atoms with Crippen molar-refractivity contribution >= 4 is 22.5 Å². The monoisotopic (exact) mass is 293 g/mol. The van der Waals surface area contributed by atoms with E-state index in [1.165, 1.54) is 12.1 Å². The molecule has 1 aliphatic rings. The van der Waals surface area contributed by atoms with E-state index in [-0.39, 0.29) is 17.3 Å². The van der Waals surface area contributed by atoms with Gasteiger partial charge in [-0.2, -0.15) is 8.42 Å². The quantitative estimate of drug-likeness (QED) is 0.848. The third-order valence-corrected chi connectivity index (χ3v) is 3.60. The number of rotatable bonds is 3. The molecular weight excluding hydrogens is 278 g/mol. The van der Waals surface area contributed by atoms with Gasteiger partial charge in [-0.15, -0.1) is 12.4 Å². The Morgan fingerprint density at radius 2 is 1.72 bits per heavy atom. The largest absolute Gasteiger partial charge is 0.379 e. The van der Waals surface area contributed by atoms with Crippen molar-refractivity contribution in [1.29, 1.82) is 0 Å². The van der Waals surface area contributed by atoms with Crippen LogP contribution >= 0.6 is 12.4 Å². The second-order valence-electron chi connectivity index (χ2n) is 4.01. The fourth-order valence-corrected chi connectivity index (χ4v) is 2.26. The van der Waals surface area contributed by atoms with E-state index in [9.17, 15) is 8.42 Å². The van der Waals surface area contributed by atoms with E-state index in [0.29, 0.717) is 0 Å². The Morgan fingerprint density at radius 1 is 1.17 bits per heavy atom. The molecule has 102 valence electrons. The van der Waals surface area contributed by atoms with Crippen molar-refractivity contribution < 1.29 is 17.7 Å². The maximum Gasteiger partial charge on any atom is 0.294 e. The van der Waals surface area contributed by atoms with Gasteiger partial charge in [0.2, 0.25) is 0 Å². The Morgan fingerprint density at radius 3 is 2.22 bits per heavy atom. The summed E-state index contributed by atoms with van der Waals surface area (Å²) < 4.78 is 35.8. The molecule has 0 spiro atoms. The lowest BCUT2D eigenvalue weighted by atomic mass is 10.2. The summed E-state index contributed by atoms with van der Waals surface area (Å²) in [7, 11) is -4.09. The van der Waals surface area contributed by atoms with Gasteiger partial charge in [-0.3, -0.25) is 9.45 Å². The number of nitrogens with zero attached hydrogens (tertiary/aromatic N) is 1. The third kappa shape index (κ3) is 4.22. The van der Waals surface area contributed by atoms with Gasteiger partial charge < -0.3 is 4.74 Å². The van der Waals surface area contributed by atoms with E-state index >= 15 is 0 Å². The number of morpholine rings is 1. The second-order valence-corrected chi connectivity index (χ2v) is 5.43. The summed E-state index contributed by atoms with van der Waals surface area (Å²) in [5.74, 6) is 0. The van der Waals surface area contributed by atoms with Gasteiger partial charge in [0, 0.05) is 19.6 Å². The van der Waals surface area contributed by atoms with E-state index < -0.39 is 10.1 Å². The molecule has 1 saturated heterocycles. The molecule has 5 nitrogen and oxygen atoms in total. The van der Waals surface area contributed by atoms with Gasteiger partial charge >= 0.3 is 0 Å². The third-order valence-electron chi connectivity index (χ3n) is 2.73. The minimum absolute atomic E-state index is 0. The normalized spacial score (nSPS) is 17.2. The summed E-state index contributed by atoms with van der Waals surface area (Å²) in [5.41, 5.74) is 1.03. The van der Waals surface area contributed by atoms with Crippen LogP contribution in [0.25, 0.3) is 0 Å². The van der Waals surface area contributed by atoms with Crippen molar-refractivity contribution in [3.8, 4) is 0 Å². The average Bonchev–Trinajstić information content (AvgIpc) is 2.30. The molecule has 18 heavy (non-hydrogen) atoms. The SMILES string of the molecule is Cl.O=S(=O)(O)c1ccc(CN2CCOCC2)cc1. The van der Waals surface area contributed by atoms with E-state index in [0.717, 1.165) is 38.4 Å². The van der Waals surface area contributed by atoms with E-state index in [1.807, 2.05) is 0 Å². The van der Waals surface area contributed by atoms with E-state index in [4.69, 9.17) is 9.29 Å². The summed E-state index contributed by atoms with van der Waals surface area (Å²) in [6.07, 6.45) is 0. The molecule has 1 aromatic carbocycles. The summed E-state index contributed by atoms with van der Waals surface area (Å²) in [6, 6.07) is 6.29. The Bertz CT molecular complexity index is 468. The molecule has 0 atom stereocenters. The molecule has 1 fully saturated rings. The Balaban J connectivity index is 0.00000162. The highest BCUT2D eigenvalue weighted by Crippen LogP contribution is 2.12. The van der Waals surface area contributed by atoms with Gasteiger partial charge in [0.25, 0.3) is 10.1 Å². The lowest BCUT2D eigenvalue weighted by Gasteiger charge is -2.26. The average molecular weight is 294 g/mol. The molecule has 2 rings (SSSR count). The zero-order valence-electron chi connectivity index (χ0n) is 9.78. The van der Waals surface area contributed by atoms with Crippen LogP contribution in [-0.4, -0.2) is 44.2 Å². The summed E-state index contributed by atoms with van der Waals surface area (Å²) in [6.45, 7) is 4.03. The van der Waals surface area contributed by atoms with Crippen LogP contribution in [0.5, 0.6) is 0 Å². The fourth-order valence-electron chi connectivity index (χ4n) is 1.78. The molecule has 1 aromatic rings. The lowest BCUT2D eigenvalue weighted by Crippen LogP contribution is -2.35. The van der Waals surface area contributed by atoms with Gasteiger partial charge in [0.05, 0.1) is 18.1 Å². The first-order valence-electron chi connectivity index (χ1n) is 5.42. The molecule has 0 aliphatic carbocycles. The maximum absolute atomic E-state index is 10.9. The minimum Gasteiger partial charge on any atom is -0.379 e. The van der Waals surface area contributed by atoms with Crippen LogP contribution in [0.3, 0.4) is 0 Å². The van der Waals surface area contributed by atoms with Gasteiger partial charge in [-0.1, -0.05) is 12.1 Å². The molecule has 0 bridgehead atoms. The fraction of sp³-hybridized carbons (Fsp3) is 0.455. The first kappa shape index (κ1) is 15.4. The number of benzene rings is 1. The molecule has 1 N–H and O–H groups in total. The van der Waals surface area contributed by atoms with E-state index in [2.05, 4.69) is 4.90 Å². The number of ether oxygens (including phenoxy) is 1. The van der Waals surface area contributed by atoms with Crippen LogP contribution in [0.1, 0.15) is 5.56 Å². The van der Waals surface area contributed by atoms with Crippen molar-refractivity contribution in [2.24, 2.45) is 0 Å². The molecule has 0 saturated carbocycles. The molecule has 0 unspecified atom stereocenters.